The van der Waals surface area contributed by atoms with Crippen LogP contribution < -0.4 is 0 Å². The first-order valence-electron chi connectivity index (χ1n) is 5.34. The minimum absolute atomic E-state index is 0. The Bertz CT molecular complexity index is 332. The molecule has 0 bridgehead atoms. The van der Waals surface area contributed by atoms with Crippen molar-refractivity contribution in [2.75, 3.05) is 5.88 Å². The molecule has 1 nitrogen and oxygen atoms in total. The van der Waals surface area contributed by atoms with E-state index < -0.39 is 0 Å². The molecule has 3 heteroatoms. The van der Waals surface area contributed by atoms with Gasteiger partial charge in [-0.2, -0.15) is 18.2 Å². The Morgan fingerprint density at radius 3 is 2.18 bits per heavy atom. The normalized spacial score (nSPS) is 11.7. The van der Waals surface area contributed by atoms with Gasteiger partial charge in [0.2, 0.25) is 0 Å². The molecule has 1 N–H and O–H groups in total. The third kappa shape index (κ3) is 7.17. The van der Waals surface area contributed by atoms with Gasteiger partial charge in [-0.1, -0.05) is 24.3 Å². The largest absolute Gasteiger partial charge is 0.512 e. The first-order chi connectivity index (χ1) is 7.84. The average molecular weight is 292 g/mol. The predicted molar refractivity (Wildman–Crippen MR) is 69.9 cm³/mol. The number of aliphatic hydroxyl groups excluding tert-OH is 1. The Balaban J connectivity index is 0.000000360. The quantitative estimate of drug-likeness (QED) is 0.380. The van der Waals surface area contributed by atoms with Crippen LogP contribution in [0, 0.1) is 0 Å². The van der Waals surface area contributed by atoms with E-state index in [1.165, 1.54) is 0 Å². The molecule has 0 aliphatic heterocycles. The second-order valence-electron chi connectivity index (χ2n) is 3.38. The van der Waals surface area contributed by atoms with Crippen molar-refractivity contribution < 1.29 is 22.2 Å². The van der Waals surface area contributed by atoms with Crippen molar-refractivity contribution in [1.29, 1.82) is 0 Å². The molecular weight excluding hydrogens is 275 g/mol. The van der Waals surface area contributed by atoms with Crippen LogP contribution in [-0.4, -0.2) is 11.0 Å². The van der Waals surface area contributed by atoms with E-state index in [0.29, 0.717) is 18.1 Å². The number of halogens is 1. The fraction of sp³-hybridized carbons (Fsp3) is 0.214. The van der Waals surface area contributed by atoms with Crippen molar-refractivity contribution in [2.45, 2.75) is 12.8 Å². The van der Waals surface area contributed by atoms with Crippen LogP contribution in [0.1, 0.15) is 12.8 Å². The molecule has 0 aromatic heterocycles. The van der Waals surface area contributed by atoms with Crippen LogP contribution in [0.4, 0.5) is 0 Å². The summed E-state index contributed by atoms with van der Waals surface area (Å²) in [7, 11) is 0. The maximum Gasteiger partial charge on any atom is 0.0995 e. The van der Waals surface area contributed by atoms with Gasteiger partial charge in [-0.3, -0.25) is 0 Å². The van der Waals surface area contributed by atoms with Gasteiger partial charge in [-0.05, 0) is 6.42 Å². The molecular formula is C14H16ClFeO-. The van der Waals surface area contributed by atoms with Crippen molar-refractivity contribution in [3.63, 3.8) is 0 Å². The zero-order chi connectivity index (χ0) is 11.6. The summed E-state index contributed by atoms with van der Waals surface area (Å²) in [6.45, 7) is 0. The first kappa shape index (κ1) is 16.2. The van der Waals surface area contributed by atoms with Crippen LogP contribution in [0.25, 0.3) is 0 Å². The van der Waals surface area contributed by atoms with E-state index in [0.717, 1.165) is 12.0 Å². The van der Waals surface area contributed by atoms with E-state index in [2.05, 4.69) is 0 Å². The molecule has 0 unspecified atom stereocenters. The van der Waals surface area contributed by atoms with Gasteiger partial charge >= 0.3 is 0 Å². The Kier molecular flexibility index (Phi) is 9.84. The van der Waals surface area contributed by atoms with Gasteiger partial charge in [0, 0.05) is 34.9 Å². The van der Waals surface area contributed by atoms with Crippen LogP contribution in [0.3, 0.4) is 0 Å². The van der Waals surface area contributed by atoms with Crippen LogP contribution in [0.15, 0.2) is 66.0 Å². The molecule has 2 rings (SSSR count). The van der Waals surface area contributed by atoms with Crippen molar-refractivity contribution >= 4 is 11.6 Å². The maximum absolute atomic E-state index is 9.40. The third-order valence-electron chi connectivity index (χ3n) is 2.10. The molecule has 0 amide bonds. The van der Waals surface area contributed by atoms with E-state index in [9.17, 15) is 5.11 Å². The fourth-order valence-electron chi connectivity index (χ4n) is 1.27. The number of hydrogen-bond donors (Lipinski definition) is 1. The standard InChI is InChI=1S/C9H11ClO.C5H5.Fe/c10-7-3-6-9(11)8-4-1-2-5-8;1-2-4-5-3-1;/h1-2,4-5,11H,3,6-7H2;1-5H;/q;-1;. The van der Waals surface area contributed by atoms with E-state index in [1.54, 1.807) is 0 Å². The molecule has 0 radical (unpaired) electrons. The summed E-state index contributed by atoms with van der Waals surface area (Å²) >= 11 is 5.48. The monoisotopic (exact) mass is 291 g/mol. The van der Waals surface area contributed by atoms with Gasteiger partial charge in [0.25, 0.3) is 0 Å². The minimum Gasteiger partial charge on any atom is -0.512 e. The summed E-state index contributed by atoms with van der Waals surface area (Å²) in [6, 6.07) is 10.0. The second kappa shape index (κ2) is 10.3. The first-order valence-corrected chi connectivity index (χ1v) is 5.87. The van der Waals surface area contributed by atoms with Crippen LogP contribution in [0.5, 0.6) is 0 Å². The molecule has 1 aromatic carbocycles. The van der Waals surface area contributed by atoms with Gasteiger partial charge < -0.3 is 5.11 Å². The summed E-state index contributed by atoms with van der Waals surface area (Å²) in [5, 5.41) is 9.40. The van der Waals surface area contributed by atoms with Crippen molar-refractivity contribution in [3.8, 4) is 0 Å². The van der Waals surface area contributed by atoms with Crippen LogP contribution in [-0.2, 0) is 17.1 Å². The predicted octanol–water partition coefficient (Wildman–Crippen LogP) is 4.35. The number of allylic oxidation sites excluding steroid dienone is 6. The second-order valence-corrected chi connectivity index (χ2v) is 3.75. The maximum atomic E-state index is 9.40. The molecule has 0 heterocycles. The molecule has 1 aliphatic rings. The molecule has 0 fully saturated rings. The topological polar surface area (TPSA) is 20.2 Å². The Morgan fingerprint density at radius 2 is 1.76 bits per heavy atom. The summed E-state index contributed by atoms with van der Waals surface area (Å²) in [6.07, 6.45) is 9.11. The molecule has 17 heavy (non-hydrogen) atoms. The zero-order valence-electron chi connectivity index (χ0n) is 9.50. The summed E-state index contributed by atoms with van der Waals surface area (Å²) in [5.74, 6) is 1.04. The van der Waals surface area contributed by atoms with Gasteiger partial charge in [-0.25, -0.2) is 12.1 Å². The molecule has 0 spiro atoms. The average Bonchev–Trinajstić information content (AvgIpc) is 2.98. The van der Waals surface area contributed by atoms with Crippen LogP contribution >= 0.6 is 11.6 Å². The fourth-order valence-corrected chi connectivity index (χ4v) is 1.40. The molecule has 0 saturated carbocycles. The van der Waals surface area contributed by atoms with E-state index in [1.807, 2.05) is 54.6 Å². The Morgan fingerprint density at radius 1 is 1.18 bits per heavy atom. The zero-order valence-corrected chi connectivity index (χ0v) is 11.4. The molecule has 0 atom stereocenters. The summed E-state index contributed by atoms with van der Waals surface area (Å²) in [5.41, 5.74) is 0.912. The van der Waals surface area contributed by atoms with E-state index in [4.69, 9.17) is 11.6 Å². The van der Waals surface area contributed by atoms with Crippen molar-refractivity contribution in [1.82, 2.24) is 0 Å². The molecule has 1 aliphatic carbocycles. The van der Waals surface area contributed by atoms with Crippen molar-refractivity contribution in [2.24, 2.45) is 0 Å². The number of hydrogen-bond acceptors (Lipinski definition) is 1. The Labute approximate surface area is 118 Å². The number of aliphatic hydroxyl groups is 1. The summed E-state index contributed by atoms with van der Waals surface area (Å²) in [4.78, 5) is 0. The van der Waals surface area contributed by atoms with Gasteiger partial charge in [0.15, 0.2) is 0 Å². The number of alkyl halides is 1. The Hall–Kier alpha value is -0.821. The molecule has 1 aromatic rings. The summed E-state index contributed by atoms with van der Waals surface area (Å²) < 4.78 is 0. The minimum atomic E-state index is 0. The smallest absolute Gasteiger partial charge is 0.0995 e. The van der Waals surface area contributed by atoms with Gasteiger partial charge in [0.05, 0.1) is 5.76 Å². The van der Waals surface area contributed by atoms with Gasteiger partial charge in [-0.15, -0.1) is 11.6 Å². The van der Waals surface area contributed by atoms with Crippen molar-refractivity contribution in [3.05, 3.63) is 66.0 Å². The SMILES string of the molecule is OC(CCCCl)=C1C=CC=C1.[Fe].c1cc[cH-]c1. The number of rotatable bonds is 3. The van der Waals surface area contributed by atoms with E-state index in [-0.39, 0.29) is 17.1 Å². The third-order valence-corrected chi connectivity index (χ3v) is 2.37. The van der Waals surface area contributed by atoms with Gasteiger partial charge in [0.1, 0.15) is 0 Å². The van der Waals surface area contributed by atoms with Crippen LogP contribution in [0.2, 0.25) is 0 Å². The molecule has 0 saturated heterocycles. The van der Waals surface area contributed by atoms with E-state index >= 15 is 0 Å². The molecule has 94 valence electrons.